The van der Waals surface area contributed by atoms with E-state index in [4.69, 9.17) is 0 Å². The molecule has 1 unspecified atom stereocenters. The summed E-state index contributed by atoms with van der Waals surface area (Å²) in [4.78, 5) is 0. The first-order chi connectivity index (χ1) is 9.93. The van der Waals surface area contributed by atoms with Gasteiger partial charge in [-0.05, 0) is 30.7 Å². The van der Waals surface area contributed by atoms with Gasteiger partial charge in [-0.2, -0.15) is 17.9 Å². The fourth-order valence-electron chi connectivity index (χ4n) is 2.15. The highest BCUT2D eigenvalue weighted by atomic mass is 32.2. The van der Waals surface area contributed by atoms with Crippen LogP contribution < -0.4 is 9.44 Å². The van der Waals surface area contributed by atoms with Gasteiger partial charge in [0.1, 0.15) is 0 Å². The van der Waals surface area contributed by atoms with Crippen molar-refractivity contribution in [1.29, 1.82) is 0 Å². The lowest BCUT2D eigenvalue weighted by molar-refractivity contribution is 0.438. The van der Waals surface area contributed by atoms with E-state index in [1.54, 1.807) is 0 Å². The van der Waals surface area contributed by atoms with E-state index >= 15 is 0 Å². The van der Waals surface area contributed by atoms with Crippen LogP contribution >= 0.6 is 0 Å². The maximum Gasteiger partial charge on any atom is 0.277 e. The topological polar surface area (TPSA) is 58.2 Å². The van der Waals surface area contributed by atoms with E-state index in [1.807, 2.05) is 36.4 Å². The average molecular weight is 310 g/mol. The molecule has 0 heterocycles. The molecule has 0 aliphatic rings. The Labute approximate surface area is 128 Å². The third-order valence-corrected chi connectivity index (χ3v) is 4.27. The minimum Gasteiger partial charge on any atom is -0.199 e. The maximum atomic E-state index is 12.1. The van der Waals surface area contributed by atoms with Crippen LogP contribution in [0.1, 0.15) is 38.7 Å². The van der Waals surface area contributed by atoms with Crippen molar-refractivity contribution < 1.29 is 8.42 Å². The van der Waals surface area contributed by atoms with E-state index in [9.17, 15) is 8.42 Å². The van der Waals surface area contributed by atoms with Crippen molar-refractivity contribution >= 4 is 10.2 Å². The Balaban J connectivity index is 2.56. The molecule has 0 spiro atoms. The largest absolute Gasteiger partial charge is 0.277 e. The van der Waals surface area contributed by atoms with Crippen LogP contribution in [0.4, 0.5) is 0 Å². The van der Waals surface area contributed by atoms with Crippen LogP contribution in [-0.4, -0.2) is 14.5 Å². The molecule has 2 N–H and O–H groups in total. The Bertz CT molecular complexity index is 512. The van der Waals surface area contributed by atoms with Gasteiger partial charge in [0.05, 0.1) is 0 Å². The number of benzene rings is 1. The molecule has 5 heteroatoms. The van der Waals surface area contributed by atoms with E-state index in [-0.39, 0.29) is 6.04 Å². The molecule has 0 radical (unpaired) electrons. The molecule has 0 bridgehead atoms. The smallest absolute Gasteiger partial charge is 0.199 e. The molecule has 1 atom stereocenters. The first kappa shape index (κ1) is 17.9. The number of allylic oxidation sites excluding steroid dienone is 1. The molecule has 0 fully saturated rings. The second-order valence-electron chi connectivity index (χ2n) is 5.62. The van der Waals surface area contributed by atoms with Crippen molar-refractivity contribution in [3.05, 3.63) is 48.6 Å². The molecule has 1 aromatic carbocycles. The van der Waals surface area contributed by atoms with Crippen LogP contribution in [0.2, 0.25) is 0 Å². The van der Waals surface area contributed by atoms with Gasteiger partial charge in [-0.1, -0.05) is 50.3 Å². The summed E-state index contributed by atoms with van der Waals surface area (Å²) < 4.78 is 29.6. The summed E-state index contributed by atoms with van der Waals surface area (Å²) in [6.07, 6.45) is 4.21. The van der Waals surface area contributed by atoms with Gasteiger partial charge in [0.2, 0.25) is 0 Å². The molecule has 0 aliphatic carbocycles. The Morgan fingerprint density at radius 2 is 1.90 bits per heavy atom. The molecule has 1 rings (SSSR count). The lowest BCUT2D eigenvalue weighted by Crippen LogP contribution is -2.43. The van der Waals surface area contributed by atoms with Gasteiger partial charge in [-0.15, -0.1) is 6.58 Å². The Hall–Kier alpha value is -1.17. The molecule has 0 saturated heterocycles. The quantitative estimate of drug-likeness (QED) is 0.653. The van der Waals surface area contributed by atoms with Crippen LogP contribution in [-0.2, 0) is 16.8 Å². The van der Waals surface area contributed by atoms with Crippen LogP contribution in [0, 0.1) is 5.92 Å². The van der Waals surface area contributed by atoms with Crippen molar-refractivity contribution in [2.75, 3.05) is 0 Å². The first-order valence-corrected chi connectivity index (χ1v) is 8.83. The molecule has 21 heavy (non-hydrogen) atoms. The minimum absolute atomic E-state index is 0.0590. The van der Waals surface area contributed by atoms with Crippen molar-refractivity contribution in [3.8, 4) is 0 Å². The lowest BCUT2D eigenvalue weighted by Gasteiger charge is -2.20. The highest BCUT2D eigenvalue weighted by Gasteiger charge is 2.18. The van der Waals surface area contributed by atoms with E-state index in [0.717, 1.165) is 24.8 Å². The Kier molecular flexibility index (Phi) is 7.64. The van der Waals surface area contributed by atoms with Gasteiger partial charge < -0.3 is 0 Å². The van der Waals surface area contributed by atoms with Crippen LogP contribution in [0.15, 0.2) is 43.0 Å². The minimum atomic E-state index is -3.49. The fourth-order valence-corrected chi connectivity index (χ4v) is 3.24. The number of hydrogen-bond acceptors (Lipinski definition) is 2. The summed E-state index contributed by atoms with van der Waals surface area (Å²) in [5.74, 6) is 0.441. The number of hydrogen-bond donors (Lipinski definition) is 2. The standard InChI is InChI=1S/C16H26N2O2S/c1-4-5-11-16(12-14(2)3)18-21(19,20)17-13-15-9-7-6-8-10-15/h4,6-10,14,16-18H,1,5,11-13H2,2-3H3. The third-order valence-electron chi connectivity index (χ3n) is 3.11. The third kappa shape index (κ3) is 7.99. The second-order valence-corrected chi connectivity index (χ2v) is 7.15. The van der Waals surface area contributed by atoms with Crippen LogP contribution in [0.25, 0.3) is 0 Å². The summed E-state index contributed by atoms with van der Waals surface area (Å²) in [5, 5.41) is 0. The molecule has 0 saturated carbocycles. The van der Waals surface area contributed by atoms with E-state index < -0.39 is 10.2 Å². The molecule has 118 valence electrons. The zero-order valence-corrected chi connectivity index (χ0v) is 13.7. The van der Waals surface area contributed by atoms with Crippen molar-refractivity contribution in [2.24, 2.45) is 5.92 Å². The van der Waals surface area contributed by atoms with Crippen LogP contribution in [0.5, 0.6) is 0 Å². The summed E-state index contributed by atoms with van der Waals surface area (Å²) in [6, 6.07) is 9.42. The van der Waals surface area contributed by atoms with Crippen molar-refractivity contribution in [2.45, 2.75) is 45.7 Å². The summed E-state index contributed by atoms with van der Waals surface area (Å²) in [6.45, 7) is 8.17. The predicted octanol–water partition coefficient (Wildman–Crippen LogP) is 2.99. The molecule has 1 aromatic rings. The number of rotatable bonds is 10. The van der Waals surface area contributed by atoms with Gasteiger partial charge in [0, 0.05) is 12.6 Å². The first-order valence-electron chi connectivity index (χ1n) is 7.34. The van der Waals surface area contributed by atoms with Crippen LogP contribution in [0.3, 0.4) is 0 Å². The van der Waals surface area contributed by atoms with E-state index in [2.05, 4.69) is 29.9 Å². The second kappa shape index (κ2) is 8.97. The van der Waals surface area contributed by atoms with Gasteiger partial charge in [-0.3, -0.25) is 0 Å². The van der Waals surface area contributed by atoms with Gasteiger partial charge in [-0.25, -0.2) is 0 Å². The molecule has 0 aliphatic heterocycles. The van der Waals surface area contributed by atoms with Crippen molar-refractivity contribution in [3.63, 3.8) is 0 Å². The monoisotopic (exact) mass is 310 g/mol. The molecular weight excluding hydrogens is 284 g/mol. The SMILES string of the molecule is C=CCCC(CC(C)C)NS(=O)(=O)NCc1ccccc1. The van der Waals surface area contributed by atoms with Crippen molar-refractivity contribution in [1.82, 2.24) is 9.44 Å². The van der Waals surface area contributed by atoms with E-state index in [1.165, 1.54) is 0 Å². The molecular formula is C16H26N2O2S. The molecule has 0 amide bonds. The predicted molar refractivity (Wildman–Crippen MR) is 88.0 cm³/mol. The van der Waals surface area contributed by atoms with Gasteiger partial charge >= 0.3 is 0 Å². The highest BCUT2D eigenvalue weighted by molar-refractivity contribution is 7.87. The average Bonchev–Trinajstić information content (AvgIpc) is 2.43. The Morgan fingerprint density at radius 1 is 1.24 bits per heavy atom. The zero-order chi connectivity index (χ0) is 15.7. The number of nitrogens with one attached hydrogen (secondary N) is 2. The normalized spacial score (nSPS) is 13.3. The fraction of sp³-hybridized carbons (Fsp3) is 0.500. The summed E-state index contributed by atoms with van der Waals surface area (Å²) in [5.41, 5.74) is 0.939. The molecule has 4 nitrogen and oxygen atoms in total. The lowest BCUT2D eigenvalue weighted by atomic mass is 10.0. The molecule has 0 aromatic heterocycles. The summed E-state index contributed by atoms with van der Waals surface area (Å²) >= 11 is 0. The maximum absolute atomic E-state index is 12.1. The van der Waals surface area contributed by atoms with E-state index in [0.29, 0.717) is 12.5 Å². The summed E-state index contributed by atoms with van der Waals surface area (Å²) in [7, 11) is -3.49. The highest BCUT2D eigenvalue weighted by Crippen LogP contribution is 2.11. The Morgan fingerprint density at radius 3 is 2.48 bits per heavy atom. The van der Waals surface area contributed by atoms with Gasteiger partial charge in [0.25, 0.3) is 10.2 Å². The zero-order valence-electron chi connectivity index (χ0n) is 12.9. The van der Waals surface area contributed by atoms with Gasteiger partial charge in [0.15, 0.2) is 0 Å².